The van der Waals surface area contributed by atoms with E-state index >= 15 is 0 Å². The van der Waals surface area contributed by atoms with Gasteiger partial charge in [0.15, 0.2) is 0 Å². The Labute approximate surface area is 81.5 Å². The average molecular weight is 182 g/mol. The molecule has 2 unspecified atom stereocenters. The quantitative estimate of drug-likeness (QED) is 0.689. The zero-order valence-electron chi connectivity index (χ0n) is 8.90. The maximum atomic E-state index is 3.73. The molecule has 1 aliphatic heterocycles. The van der Waals surface area contributed by atoms with Crippen molar-refractivity contribution in [3.8, 4) is 0 Å². The summed E-state index contributed by atoms with van der Waals surface area (Å²) in [5, 5.41) is 7.18. The molecule has 2 N–H and O–H groups in total. The van der Waals surface area contributed by atoms with Gasteiger partial charge in [0, 0.05) is 5.54 Å². The molecular weight excluding hydrogens is 160 g/mol. The highest BCUT2D eigenvalue weighted by atomic mass is 15.0. The van der Waals surface area contributed by atoms with Gasteiger partial charge in [-0.15, -0.1) is 0 Å². The normalized spacial score (nSPS) is 37.4. The van der Waals surface area contributed by atoms with Crippen molar-refractivity contribution in [3.05, 3.63) is 0 Å². The van der Waals surface area contributed by atoms with Crippen molar-refractivity contribution in [1.82, 2.24) is 10.6 Å². The predicted molar refractivity (Wildman–Crippen MR) is 55.8 cm³/mol. The minimum absolute atomic E-state index is 0.488. The van der Waals surface area contributed by atoms with E-state index in [-0.39, 0.29) is 0 Å². The monoisotopic (exact) mass is 182 g/mol. The Bertz CT molecular complexity index is 175. The molecule has 2 nitrogen and oxygen atoms in total. The number of nitrogens with one attached hydrogen (secondary N) is 2. The van der Waals surface area contributed by atoms with E-state index in [4.69, 9.17) is 0 Å². The Balaban J connectivity index is 1.72. The van der Waals surface area contributed by atoms with Gasteiger partial charge in [-0.05, 0) is 57.7 Å². The van der Waals surface area contributed by atoms with E-state index in [1.807, 2.05) is 0 Å². The molecule has 2 heteroatoms. The van der Waals surface area contributed by atoms with Crippen molar-refractivity contribution in [1.29, 1.82) is 0 Å². The van der Waals surface area contributed by atoms with Crippen LogP contribution in [-0.4, -0.2) is 25.2 Å². The molecule has 76 valence electrons. The van der Waals surface area contributed by atoms with Crippen LogP contribution in [0.5, 0.6) is 0 Å². The first-order chi connectivity index (χ1) is 6.20. The van der Waals surface area contributed by atoms with Crippen LogP contribution in [-0.2, 0) is 0 Å². The highest BCUT2D eigenvalue weighted by molar-refractivity contribution is 4.93. The Kier molecular flexibility index (Phi) is 2.61. The van der Waals surface area contributed by atoms with E-state index in [0.29, 0.717) is 5.54 Å². The molecule has 2 rings (SSSR count). The Morgan fingerprint density at radius 3 is 2.62 bits per heavy atom. The van der Waals surface area contributed by atoms with Crippen molar-refractivity contribution >= 4 is 0 Å². The van der Waals surface area contributed by atoms with Gasteiger partial charge >= 0.3 is 0 Å². The maximum absolute atomic E-state index is 3.73. The summed E-state index contributed by atoms with van der Waals surface area (Å²) in [4.78, 5) is 0. The second-order valence-corrected chi connectivity index (χ2v) is 5.19. The average Bonchev–Trinajstić information content (AvgIpc) is 2.44. The van der Waals surface area contributed by atoms with E-state index in [1.54, 1.807) is 0 Å². The molecule has 2 atom stereocenters. The summed E-state index contributed by atoms with van der Waals surface area (Å²) in [7, 11) is 0. The number of hydrogen-bond donors (Lipinski definition) is 2. The fourth-order valence-corrected chi connectivity index (χ4v) is 2.40. The molecule has 0 amide bonds. The van der Waals surface area contributed by atoms with Crippen LogP contribution in [0.25, 0.3) is 0 Å². The number of rotatable bonds is 3. The molecule has 13 heavy (non-hydrogen) atoms. The standard InChI is InChI=1S/C11H22N2/c1-9-6-12-7-10(9)8-13-11(2)4-3-5-11/h9-10,12-13H,3-8H2,1-2H3. The molecule has 0 aromatic carbocycles. The summed E-state index contributed by atoms with van der Waals surface area (Å²) < 4.78 is 0. The number of hydrogen-bond acceptors (Lipinski definition) is 2. The lowest BCUT2D eigenvalue weighted by Crippen LogP contribution is -2.50. The van der Waals surface area contributed by atoms with Crippen LogP contribution in [0, 0.1) is 11.8 Å². The van der Waals surface area contributed by atoms with Crippen molar-refractivity contribution in [3.63, 3.8) is 0 Å². The molecule has 1 saturated carbocycles. The fourth-order valence-electron chi connectivity index (χ4n) is 2.40. The Hall–Kier alpha value is -0.0800. The largest absolute Gasteiger partial charge is 0.316 e. The summed E-state index contributed by atoms with van der Waals surface area (Å²) in [5.41, 5.74) is 0.488. The van der Waals surface area contributed by atoms with Crippen LogP contribution in [0.2, 0.25) is 0 Å². The van der Waals surface area contributed by atoms with Gasteiger partial charge in [0.1, 0.15) is 0 Å². The molecule has 0 aromatic heterocycles. The van der Waals surface area contributed by atoms with Crippen LogP contribution in [0.15, 0.2) is 0 Å². The van der Waals surface area contributed by atoms with Crippen LogP contribution in [0.3, 0.4) is 0 Å². The third-order valence-electron chi connectivity index (χ3n) is 3.93. The fraction of sp³-hybridized carbons (Fsp3) is 1.00. The lowest BCUT2D eigenvalue weighted by Gasteiger charge is -2.40. The zero-order chi connectivity index (χ0) is 9.31. The van der Waals surface area contributed by atoms with Crippen molar-refractivity contribution in [2.45, 2.75) is 38.6 Å². The summed E-state index contributed by atoms with van der Waals surface area (Å²) in [6.45, 7) is 8.36. The van der Waals surface area contributed by atoms with Crippen LogP contribution in [0.4, 0.5) is 0 Å². The first-order valence-corrected chi connectivity index (χ1v) is 5.65. The van der Waals surface area contributed by atoms with Gasteiger partial charge in [-0.3, -0.25) is 0 Å². The third-order valence-corrected chi connectivity index (χ3v) is 3.93. The third kappa shape index (κ3) is 2.05. The SMILES string of the molecule is CC1CNCC1CNC1(C)CCC1. The first kappa shape index (κ1) is 9.47. The van der Waals surface area contributed by atoms with E-state index in [2.05, 4.69) is 24.5 Å². The molecule has 0 spiro atoms. The Morgan fingerprint density at radius 2 is 2.15 bits per heavy atom. The molecule has 1 aliphatic carbocycles. The summed E-state index contributed by atoms with van der Waals surface area (Å²) in [6, 6.07) is 0. The summed E-state index contributed by atoms with van der Waals surface area (Å²) in [5.74, 6) is 1.72. The highest BCUT2D eigenvalue weighted by Crippen LogP contribution is 2.31. The smallest absolute Gasteiger partial charge is 0.0153 e. The lowest BCUT2D eigenvalue weighted by atomic mass is 9.78. The van der Waals surface area contributed by atoms with Crippen LogP contribution >= 0.6 is 0 Å². The van der Waals surface area contributed by atoms with Crippen molar-refractivity contribution in [2.75, 3.05) is 19.6 Å². The zero-order valence-corrected chi connectivity index (χ0v) is 8.90. The Morgan fingerprint density at radius 1 is 1.38 bits per heavy atom. The molecule has 2 fully saturated rings. The van der Waals surface area contributed by atoms with E-state index in [0.717, 1.165) is 11.8 Å². The minimum atomic E-state index is 0.488. The second-order valence-electron chi connectivity index (χ2n) is 5.19. The molecule has 0 aromatic rings. The predicted octanol–water partition coefficient (Wildman–Crippen LogP) is 1.37. The summed E-state index contributed by atoms with van der Waals surface area (Å²) in [6.07, 6.45) is 4.17. The van der Waals surface area contributed by atoms with E-state index in [9.17, 15) is 0 Å². The molecule has 0 radical (unpaired) electrons. The second kappa shape index (κ2) is 3.58. The summed E-state index contributed by atoms with van der Waals surface area (Å²) >= 11 is 0. The molecule has 2 aliphatic rings. The van der Waals surface area contributed by atoms with E-state index in [1.165, 1.54) is 38.9 Å². The molecule has 1 heterocycles. The van der Waals surface area contributed by atoms with Gasteiger partial charge in [0.25, 0.3) is 0 Å². The lowest BCUT2D eigenvalue weighted by molar-refractivity contribution is 0.194. The van der Waals surface area contributed by atoms with Gasteiger partial charge in [-0.2, -0.15) is 0 Å². The molecule has 1 saturated heterocycles. The van der Waals surface area contributed by atoms with Crippen molar-refractivity contribution in [2.24, 2.45) is 11.8 Å². The molecule has 0 bridgehead atoms. The minimum Gasteiger partial charge on any atom is -0.316 e. The molecular formula is C11H22N2. The van der Waals surface area contributed by atoms with Crippen LogP contribution < -0.4 is 10.6 Å². The van der Waals surface area contributed by atoms with Gasteiger partial charge in [-0.25, -0.2) is 0 Å². The van der Waals surface area contributed by atoms with Crippen molar-refractivity contribution < 1.29 is 0 Å². The highest BCUT2D eigenvalue weighted by Gasteiger charge is 2.32. The topological polar surface area (TPSA) is 24.1 Å². The van der Waals surface area contributed by atoms with Gasteiger partial charge in [0.2, 0.25) is 0 Å². The van der Waals surface area contributed by atoms with Gasteiger partial charge in [-0.1, -0.05) is 6.92 Å². The van der Waals surface area contributed by atoms with Gasteiger partial charge in [0.05, 0.1) is 0 Å². The first-order valence-electron chi connectivity index (χ1n) is 5.65. The maximum Gasteiger partial charge on any atom is 0.0153 e. The van der Waals surface area contributed by atoms with E-state index < -0.39 is 0 Å². The van der Waals surface area contributed by atoms with Crippen LogP contribution in [0.1, 0.15) is 33.1 Å². The van der Waals surface area contributed by atoms with Gasteiger partial charge < -0.3 is 10.6 Å².